The van der Waals surface area contributed by atoms with Gasteiger partial charge in [-0.25, -0.2) is 8.42 Å². The molecular formula is C28H31Cl2N3O4S. The second-order valence-electron chi connectivity index (χ2n) is 9.06. The number of nitrogens with one attached hydrogen (secondary N) is 1. The van der Waals surface area contributed by atoms with Crippen molar-refractivity contribution in [3.63, 3.8) is 0 Å². The van der Waals surface area contributed by atoms with Gasteiger partial charge in [0.05, 0.1) is 20.6 Å². The average Bonchev–Trinajstić information content (AvgIpc) is 2.89. The predicted octanol–water partition coefficient (Wildman–Crippen LogP) is 5.17. The number of carbonyl (C=O) groups excluding carboxylic acids is 2. The van der Waals surface area contributed by atoms with Gasteiger partial charge in [0.1, 0.15) is 12.6 Å². The average molecular weight is 577 g/mol. The Labute approximate surface area is 234 Å². The van der Waals surface area contributed by atoms with Crippen LogP contribution in [0.15, 0.2) is 83.8 Å². The SMILES string of the molecule is CC(C)NC(=O)[C@H](C)N(CCc1ccccc1)C(=O)CN(c1cccc(Cl)c1Cl)S(=O)(=O)c1ccccc1. The first-order chi connectivity index (χ1) is 18.0. The highest BCUT2D eigenvalue weighted by Gasteiger charge is 2.33. The van der Waals surface area contributed by atoms with E-state index in [0.717, 1.165) is 9.87 Å². The third-order valence-corrected chi connectivity index (χ3v) is 8.48. The second kappa shape index (κ2) is 13.1. The molecule has 1 N–H and O–H groups in total. The smallest absolute Gasteiger partial charge is 0.264 e. The van der Waals surface area contributed by atoms with Crippen LogP contribution in [0.2, 0.25) is 10.0 Å². The highest BCUT2D eigenvalue weighted by atomic mass is 35.5. The summed E-state index contributed by atoms with van der Waals surface area (Å²) in [5, 5.41) is 2.98. The quantitative estimate of drug-likeness (QED) is 0.341. The molecule has 7 nitrogen and oxygen atoms in total. The van der Waals surface area contributed by atoms with Crippen molar-refractivity contribution >= 4 is 50.7 Å². The molecule has 0 radical (unpaired) electrons. The van der Waals surface area contributed by atoms with Crippen LogP contribution < -0.4 is 9.62 Å². The molecule has 38 heavy (non-hydrogen) atoms. The van der Waals surface area contributed by atoms with Gasteiger partial charge in [0.2, 0.25) is 11.8 Å². The van der Waals surface area contributed by atoms with Crippen molar-refractivity contribution in [3.05, 3.63) is 94.5 Å². The van der Waals surface area contributed by atoms with E-state index in [4.69, 9.17) is 23.2 Å². The Morgan fingerprint density at radius 3 is 2.08 bits per heavy atom. The molecule has 10 heteroatoms. The summed E-state index contributed by atoms with van der Waals surface area (Å²) in [6, 6.07) is 20.9. The third-order valence-electron chi connectivity index (χ3n) is 5.89. The molecule has 0 aromatic heterocycles. The molecule has 0 unspecified atom stereocenters. The molecule has 3 aromatic rings. The van der Waals surface area contributed by atoms with E-state index in [2.05, 4.69) is 5.32 Å². The van der Waals surface area contributed by atoms with Gasteiger partial charge in [0.15, 0.2) is 0 Å². The molecule has 3 aromatic carbocycles. The van der Waals surface area contributed by atoms with Gasteiger partial charge >= 0.3 is 0 Å². The van der Waals surface area contributed by atoms with Gasteiger partial charge in [-0.05, 0) is 57.0 Å². The molecule has 0 fully saturated rings. The van der Waals surface area contributed by atoms with E-state index in [1.807, 2.05) is 44.2 Å². The van der Waals surface area contributed by atoms with E-state index in [1.165, 1.54) is 29.2 Å². The molecule has 0 saturated heterocycles. The number of benzene rings is 3. The van der Waals surface area contributed by atoms with Crippen molar-refractivity contribution in [2.24, 2.45) is 0 Å². The van der Waals surface area contributed by atoms with Crippen LogP contribution in [-0.4, -0.2) is 50.3 Å². The summed E-state index contributed by atoms with van der Waals surface area (Å²) in [7, 11) is -4.21. The molecule has 0 saturated carbocycles. The fourth-order valence-electron chi connectivity index (χ4n) is 3.89. The maximum atomic E-state index is 13.8. The predicted molar refractivity (Wildman–Crippen MR) is 152 cm³/mol. The van der Waals surface area contributed by atoms with Crippen molar-refractivity contribution in [2.45, 2.75) is 44.2 Å². The van der Waals surface area contributed by atoms with Crippen molar-refractivity contribution in [1.29, 1.82) is 0 Å². The zero-order valence-electron chi connectivity index (χ0n) is 21.5. The number of sulfonamides is 1. The number of nitrogens with zero attached hydrogens (tertiary/aromatic N) is 2. The highest BCUT2D eigenvalue weighted by molar-refractivity contribution is 7.92. The number of amides is 2. The standard InChI is InChI=1S/C28H31Cl2N3O4S/c1-20(2)31-28(35)21(3)32(18-17-22-11-6-4-7-12-22)26(34)19-33(25-16-10-15-24(29)27(25)30)38(36,37)23-13-8-5-9-14-23/h4-16,20-21H,17-19H2,1-3H3,(H,31,35)/t21-/m0/s1. The van der Waals surface area contributed by atoms with Crippen LogP contribution in [0, 0.1) is 0 Å². The summed E-state index contributed by atoms with van der Waals surface area (Å²) in [6.07, 6.45) is 0.481. The Morgan fingerprint density at radius 1 is 0.868 bits per heavy atom. The van der Waals surface area contributed by atoms with Crippen molar-refractivity contribution in [2.75, 3.05) is 17.4 Å². The van der Waals surface area contributed by atoms with E-state index >= 15 is 0 Å². The van der Waals surface area contributed by atoms with Crippen molar-refractivity contribution in [1.82, 2.24) is 10.2 Å². The first-order valence-corrected chi connectivity index (χ1v) is 14.4. The number of halogens is 2. The lowest BCUT2D eigenvalue weighted by Gasteiger charge is -2.32. The van der Waals surface area contributed by atoms with E-state index in [0.29, 0.717) is 6.42 Å². The number of carbonyl (C=O) groups is 2. The van der Waals surface area contributed by atoms with Crippen molar-refractivity contribution in [3.8, 4) is 0 Å². The van der Waals surface area contributed by atoms with Crippen LogP contribution in [-0.2, 0) is 26.0 Å². The summed E-state index contributed by atoms with van der Waals surface area (Å²) in [5.74, 6) is -0.887. The summed E-state index contributed by atoms with van der Waals surface area (Å²) in [6.45, 7) is 4.92. The molecule has 0 aliphatic carbocycles. The van der Waals surface area contributed by atoms with Gasteiger partial charge in [0.25, 0.3) is 10.0 Å². The second-order valence-corrected chi connectivity index (χ2v) is 11.7. The zero-order chi connectivity index (χ0) is 27.9. The van der Waals surface area contributed by atoms with Crippen LogP contribution in [0.25, 0.3) is 0 Å². The van der Waals surface area contributed by atoms with Gasteiger partial charge in [-0.3, -0.25) is 13.9 Å². The maximum absolute atomic E-state index is 13.8. The van der Waals surface area contributed by atoms with Crippen LogP contribution in [0.4, 0.5) is 5.69 Å². The molecule has 1 atom stereocenters. The first kappa shape index (κ1) is 29.5. The first-order valence-electron chi connectivity index (χ1n) is 12.2. The van der Waals surface area contributed by atoms with Crippen LogP contribution in [0.5, 0.6) is 0 Å². The molecule has 0 aliphatic heterocycles. The van der Waals surface area contributed by atoms with Crippen LogP contribution >= 0.6 is 23.2 Å². The summed E-state index contributed by atoms with van der Waals surface area (Å²) < 4.78 is 28.5. The van der Waals surface area contributed by atoms with Gasteiger partial charge in [-0.1, -0.05) is 77.8 Å². The fraction of sp³-hybridized carbons (Fsp3) is 0.286. The summed E-state index contributed by atoms with van der Waals surface area (Å²) in [5.41, 5.74) is 1.05. The Hall–Kier alpha value is -3.07. The van der Waals surface area contributed by atoms with Gasteiger partial charge in [0, 0.05) is 12.6 Å². The molecule has 2 amide bonds. The fourth-order valence-corrected chi connectivity index (χ4v) is 5.79. The lowest BCUT2D eigenvalue weighted by atomic mass is 10.1. The highest BCUT2D eigenvalue weighted by Crippen LogP contribution is 2.35. The molecule has 0 spiro atoms. The van der Waals surface area contributed by atoms with Gasteiger partial charge in [-0.2, -0.15) is 0 Å². The normalized spacial score (nSPS) is 12.2. The Balaban J connectivity index is 2.01. The lowest BCUT2D eigenvalue weighted by Crippen LogP contribution is -2.53. The van der Waals surface area contributed by atoms with E-state index < -0.39 is 28.5 Å². The van der Waals surface area contributed by atoms with Crippen LogP contribution in [0.1, 0.15) is 26.3 Å². The van der Waals surface area contributed by atoms with E-state index in [9.17, 15) is 18.0 Å². The van der Waals surface area contributed by atoms with Gasteiger partial charge in [-0.15, -0.1) is 0 Å². The van der Waals surface area contributed by atoms with E-state index in [1.54, 1.807) is 31.2 Å². The zero-order valence-corrected chi connectivity index (χ0v) is 23.8. The molecule has 0 bridgehead atoms. The summed E-state index contributed by atoms with van der Waals surface area (Å²) in [4.78, 5) is 28.1. The number of anilines is 1. The van der Waals surface area contributed by atoms with Crippen LogP contribution in [0.3, 0.4) is 0 Å². The van der Waals surface area contributed by atoms with Crippen molar-refractivity contribution < 1.29 is 18.0 Å². The topological polar surface area (TPSA) is 86.8 Å². The lowest BCUT2D eigenvalue weighted by molar-refractivity contribution is -0.139. The van der Waals surface area contributed by atoms with E-state index in [-0.39, 0.29) is 39.1 Å². The Morgan fingerprint density at radius 2 is 1.47 bits per heavy atom. The summed E-state index contributed by atoms with van der Waals surface area (Å²) >= 11 is 12.6. The molecule has 0 aliphatic rings. The largest absolute Gasteiger partial charge is 0.352 e. The monoisotopic (exact) mass is 575 g/mol. The minimum atomic E-state index is -4.21. The molecule has 202 valence electrons. The Bertz CT molecular complexity index is 1350. The number of rotatable bonds is 11. The third kappa shape index (κ3) is 7.28. The van der Waals surface area contributed by atoms with Gasteiger partial charge < -0.3 is 10.2 Å². The maximum Gasteiger partial charge on any atom is 0.264 e. The minimum absolute atomic E-state index is 0.00269. The number of hydrogen-bond donors (Lipinski definition) is 1. The molecular weight excluding hydrogens is 545 g/mol. The Kier molecular flexibility index (Phi) is 10.2. The number of hydrogen-bond acceptors (Lipinski definition) is 4. The minimum Gasteiger partial charge on any atom is -0.352 e. The molecule has 3 rings (SSSR count). The molecule has 0 heterocycles.